The number of aliphatic carboxylic acids is 1. The van der Waals surface area contributed by atoms with Crippen LogP contribution < -0.4 is 5.32 Å². The Morgan fingerprint density at radius 1 is 1.28 bits per heavy atom. The molecule has 0 aromatic carbocycles. The van der Waals surface area contributed by atoms with Crippen molar-refractivity contribution < 1.29 is 19.4 Å². The maximum absolute atomic E-state index is 11.9. The van der Waals surface area contributed by atoms with E-state index in [2.05, 4.69) is 10.2 Å². The van der Waals surface area contributed by atoms with Gasteiger partial charge in [0.15, 0.2) is 6.10 Å². The molecule has 3 unspecified atom stereocenters. The minimum absolute atomic E-state index is 0.156. The molecule has 2 N–H and O–H groups in total. The quantitative estimate of drug-likeness (QED) is 0.733. The third-order valence-electron chi connectivity index (χ3n) is 3.56. The number of nitrogens with zero attached hydrogens (tertiary/aromatic N) is 1. The molecule has 102 valence electrons. The molecule has 18 heavy (non-hydrogen) atoms. The Bertz CT molecular complexity index is 334. The van der Waals surface area contributed by atoms with Crippen LogP contribution >= 0.6 is 0 Å². The van der Waals surface area contributed by atoms with Crippen molar-refractivity contribution in [2.75, 3.05) is 20.1 Å². The fourth-order valence-electron chi connectivity index (χ4n) is 2.59. The number of piperidine rings is 1. The summed E-state index contributed by atoms with van der Waals surface area (Å²) in [5.41, 5.74) is 0. The molecule has 0 saturated carbocycles. The minimum atomic E-state index is -0.984. The van der Waals surface area contributed by atoms with E-state index < -0.39 is 18.2 Å². The molecule has 6 heteroatoms. The molecule has 0 aliphatic carbocycles. The summed E-state index contributed by atoms with van der Waals surface area (Å²) >= 11 is 0. The summed E-state index contributed by atoms with van der Waals surface area (Å²) in [7, 11) is 2.03. The second-order valence-electron chi connectivity index (χ2n) is 5.14. The summed E-state index contributed by atoms with van der Waals surface area (Å²) in [4.78, 5) is 24.9. The van der Waals surface area contributed by atoms with Crippen molar-refractivity contribution in [3.05, 3.63) is 0 Å². The smallest absolute Gasteiger partial charge is 0.332 e. The summed E-state index contributed by atoms with van der Waals surface area (Å²) in [6.07, 6.45) is 1.53. The van der Waals surface area contributed by atoms with Gasteiger partial charge in [-0.3, -0.25) is 4.79 Å². The Labute approximate surface area is 106 Å². The summed E-state index contributed by atoms with van der Waals surface area (Å²) in [5.74, 6) is -1.15. The molecule has 2 saturated heterocycles. The van der Waals surface area contributed by atoms with Gasteiger partial charge in [0.1, 0.15) is 6.10 Å². The van der Waals surface area contributed by atoms with Crippen molar-refractivity contribution in [1.29, 1.82) is 0 Å². The van der Waals surface area contributed by atoms with E-state index in [1.54, 1.807) is 0 Å². The number of amides is 1. The normalized spacial score (nSPS) is 33.3. The number of carbonyl (C=O) groups is 2. The van der Waals surface area contributed by atoms with Crippen molar-refractivity contribution in [3.63, 3.8) is 0 Å². The van der Waals surface area contributed by atoms with Crippen LogP contribution in [0.25, 0.3) is 0 Å². The molecule has 6 nitrogen and oxygen atoms in total. The molecule has 2 rings (SSSR count). The van der Waals surface area contributed by atoms with Gasteiger partial charge in [-0.2, -0.15) is 0 Å². The number of carboxylic acids is 1. The fourth-order valence-corrected chi connectivity index (χ4v) is 2.59. The van der Waals surface area contributed by atoms with Crippen LogP contribution in [0.4, 0.5) is 0 Å². The van der Waals surface area contributed by atoms with Crippen LogP contribution in [0.15, 0.2) is 0 Å². The van der Waals surface area contributed by atoms with Crippen LogP contribution in [0.3, 0.4) is 0 Å². The van der Waals surface area contributed by atoms with Crippen molar-refractivity contribution in [2.45, 2.75) is 43.9 Å². The summed E-state index contributed by atoms with van der Waals surface area (Å²) < 4.78 is 5.23. The van der Waals surface area contributed by atoms with Crippen LogP contribution in [-0.2, 0) is 14.3 Å². The van der Waals surface area contributed by atoms with Crippen LogP contribution in [0.5, 0.6) is 0 Å². The fraction of sp³-hybridized carbons (Fsp3) is 0.833. The van der Waals surface area contributed by atoms with Gasteiger partial charge in [-0.25, -0.2) is 4.79 Å². The number of carbonyl (C=O) groups excluding carboxylic acids is 1. The third kappa shape index (κ3) is 3.20. The monoisotopic (exact) mass is 256 g/mol. The van der Waals surface area contributed by atoms with Crippen molar-refractivity contribution in [3.8, 4) is 0 Å². The van der Waals surface area contributed by atoms with E-state index in [1.807, 2.05) is 7.05 Å². The Hall–Kier alpha value is -1.14. The Morgan fingerprint density at radius 3 is 2.61 bits per heavy atom. The molecule has 2 aliphatic rings. The van der Waals surface area contributed by atoms with Gasteiger partial charge >= 0.3 is 5.97 Å². The lowest BCUT2D eigenvalue weighted by Gasteiger charge is -2.30. The second-order valence-corrected chi connectivity index (χ2v) is 5.14. The number of rotatable bonds is 3. The zero-order valence-electron chi connectivity index (χ0n) is 10.6. The summed E-state index contributed by atoms with van der Waals surface area (Å²) in [5, 5.41) is 11.8. The molecule has 1 amide bonds. The highest BCUT2D eigenvalue weighted by molar-refractivity contribution is 5.82. The molecule has 0 spiro atoms. The van der Waals surface area contributed by atoms with Gasteiger partial charge in [-0.15, -0.1) is 0 Å². The number of carboxylic acid groups (broad SMARTS) is 1. The number of nitrogens with one attached hydrogen (secondary N) is 1. The Balaban J connectivity index is 1.80. The molecule has 2 fully saturated rings. The first-order chi connectivity index (χ1) is 8.56. The van der Waals surface area contributed by atoms with Gasteiger partial charge < -0.3 is 20.1 Å². The molecule has 0 bridgehead atoms. The number of likely N-dealkylation sites (tertiary alicyclic amines) is 1. The topological polar surface area (TPSA) is 78.9 Å². The molecule has 3 atom stereocenters. The van der Waals surface area contributed by atoms with Gasteiger partial charge in [0.2, 0.25) is 5.91 Å². The molecule has 0 aromatic heterocycles. The molecule has 2 aliphatic heterocycles. The molecule has 2 heterocycles. The predicted molar refractivity (Wildman–Crippen MR) is 64.2 cm³/mol. The van der Waals surface area contributed by atoms with Crippen LogP contribution in [0, 0.1) is 0 Å². The average molecular weight is 256 g/mol. The van der Waals surface area contributed by atoms with Crippen molar-refractivity contribution >= 4 is 11.9 Å². The van der Waals surface area contributed by atoms with Crippen LogP contribution in [-0.4, -0.2) is 60.3 Å². The summed E-state index contributed by atoms with van der Waals surface area (Å²) in [6.45, 7) is 1.91. The van der Waals surface area contributed by atoms with E-state index in [0.29, 0.717) is 12.8 Å². The van der Waals surface area contributed by atoms with Crippen molar-refractivity contribution in [1.82, 2.24) is 10.2 Å². The lowest BCUT2D eigenvalue weighted by molar-refractivity contribution is -0.152. The van der Waals surface area contributed by atoms with Gasteiger partial charge in [-0.1, -0.05) is 0 Å². The maximum atomic E-state index is 11.9. The van der Waals surface area contributed by atoms with Crippen molar-refractivity contribution in [2.24, 2.45) is 0 Å². The molecular weight excluding hydrogens is 236 g/mol. The minimum Gasteiger partial charge on any atom is -0.479 e. The maximum Gasteiger partial charge on any atom is 0.332 e. The Morgan fingerprint density at radius 2 is 2.00 bits per heavy atom. The van der Waals surface area contributed by atoms with E-state index in [1.165, 1.54) is 0 Å². The summed E-state index contributed by atoms with van der Waals surface area (Å²) in [6, 6.07) is 0.156. The molecule has 0 radical (unpaired) electrons. The van der Waals surface area contributed by atoms with Crippen LogP contribution in [0.2, 0.25) is 0 Å². The first-order valence-corrected chi connectivity index (χ1v) is 6.43. The highest BCUT2D eigenvalue weighted by Crippen LogP contribution is 2.20. The number of ether oxygens (including phenoxy) is 1. The van der Waals surface area contributed by atoms with E-state index in [-0.39, 0.29) is 11.9 Å². The van der Waals surface area contributed by atoms with Gasteiger partial charge in [0.05, 0.1) is 0 Å². The average Bonchev–Trinajstić information content (AvgIpc) is 2.78. The number of hydrogen-bond donors (Lipinski definition) is 2. The highest BCUT2D eigenvalue weighted by Gasteiger charge is 2.35. The zero-order valence-corrected chi connectivity index (χ0v) is 10.6. The van der Waals surface area contributed by atoms with Gasteiger partial charge in [0.25, 0.3) is 0 Å². The van der Waals surface area contributed by atoms with E-state index in [9.17, 15) is 9.59 Å². The van der Waals surface area contributed by atoms with Gasteiger partial charge in [0, 0.05) is 12.6 Å². The second kappa shape index (κ2) is 5.67. The van der Waals surface area contributed by atoms with E-state index >= 15 is 0 Å². The largest absolute Gasteiger partial charge is 0.479 e. The lowest BCUT2D eigenvalue weighted by Crippen LogP contribution is -2.49. The highest BCUT2D eigenvalue weighted by atomic mass is 16.5. The first kappa shape index (κ1) is 13.3. The molecular formula is C12H20N2O4. The number of hydrogen-bond acceptors (Lipinski definition) is 4. The van der Waals surface area contributed by atoms with Crippen LogP contribution in [0.1, 0.15) is 25.7 Å². The van der Waals surface area contributed by atoms with Gasteiger partial charge in [-0.05, 0) is 39.3 Å². The third-order valence-corrected chi connectivity index (χ3v) is 3.56. The molecule has 0 aromatic rings. The lowest BCUT2D eigenvalue weighted by atomic mass is 10.1. The zero-order chi connectivity index (χ0) is 13.1. The standard InChI is InChI=1S/C12H20N2O4/c1-14-6-2-3-8(7-14)13-11(15)9-4-5-10(18-9)12(16)17/h8-10H,2-7H2,1H3,(H,13,15)(H,16,17). The SMILES string of the molecule is CN1CCCC(NC(=O)C2CCC(C(=O)O)O2)C1. The number of likely N-dealkylation sites (N-methyl/N-ethyl adjacent to an activating group) is 1. The van der Waals surface area contributed by atoms with E-state index in [0.717, 1.165) is 25.9 Å². The van der Waals surface area contributed by atoms with E-state index in [4.69, 9.17) is 9.84 Å². The first-order valence-electron chi connectivity index (χ1n) is 6.43. The Kier molecular flexibility index (Phi) is 4.19. The predicted octanol–water partition coefficient (Wildman–Crippen LogP) is -0.171.